The molecule has 1 saturated carbocycles. The number of rotatable bonds is 7. The molecule has 0 unspecified atom stereocenters. The van der Waals surface area contributed by atoms with Gasteiger partial charge in [0.1, 0.15) is 4.83 Å². The Hall–Kier alpha value is -1.30. The zero-order valence-corrected chi connectivity index (χ0v) is 18.4. The molecule has 0 radical (unpaired) electrons. The highest BCUT2D eigenvalue weighted by molar-refractivity contribution is 8.00. The first-order valence-electron chi connectivity index (χ1n) is 9.37. The fourth-order valence-corrected chi connectivity index (χ4v) is 4.83. The summed E-state index contributed by atoms with van der Waals surface area (Å²) in [5, 5.41) is 0.436. The van der Waals surface area contributed by atoms with Gasteiger partial charge in [0.05, 0.1) is 5.39 Å². The quantitative estimate of drug-likeness (QED) is 0.632. The van der Waals surface area contributed by atoms with E-state index in [4.69, 9.17) is 0 Å². The maximum Gasteiger partial charge on any atom is 0.441 e. The van der Waals surface area contributed by atoms with E-state index < -0.39 is 11.2 Å². The number of hydrogen-bond donors (Lipinski definition) is 2. The minimum absolute atomic E-state index is 0.0976. The third kappa shape index (κ3) is 5.25. The van der Waals surface area contributed by atoms with Crippen LogP contribution in [0.4, 0.5) is 13.2 Å². The molecule has 0 bridgehead atoms. The summed E-state index contributed by atoms with van der Waals surface area (Å²) in [7, 11) is 0. The van der Waals surface area contributed by atoms with Crippen LogP contribution >= 0.6 is 23.1 Å². The van der Waals surface area contributed by atoms with E-state index in [0.29, 0.717) is 16.8 Å². The zero-order valence-electron chi connectivity index (χ0n) is 16.8. The summed E-state index contributed by atoms with van der Waals surface area (Å²) in [5.41, 5.74) is 1.68. The lowest BCUT2D eigenvalue weighted by molar-refractivity contribution is -0.0328. The predicted octanol–water partition coefficient (Wildman–Crippen LogP) is 3.51. The fraction of sp³-hybridized carbons (Fsp3) is 0.667. The lowest BCUT2D eigenvalue weighted by atomic mass is 10.1. The van der Waals surface area contributed by atoms with Gasteiger partial charge in [-0.15, -0.1) is 11.3 Å². The molecule has 162 valence electrons. The third-order valence-electron chi connectivity index (χ3n) is 4.55. The first-order chi connectivity index (χ1) is 13.4. The molecule has 0 atom stereocenters. The van der Waals surface area contributed by atoms with Crippen LogP contribution in [-0.4, -0.2) is 25.9 Å². The Labute approximate surface area is 174 Å². The average Bonchev–Trinajstić information content (AvgIpc) is 3.33. The Morgan fingerprint density at radius 1 is 1.21 bits per heavy atom. The van der Waals surface area contributed by atoms with Gasteiger partial charge in [-0.25, -0.2) is 4.79 Å². The molecule has 1 aliphatic carbocycles. The van der Waals surface area contributed by atoms with Crippen molar-refractivity contribution in [2.45, 2.75) is 70.7 Å². The number of alkyl halides is 3. The molecule has 2 heterocycles. The maximum absolute atomic E-state index is 13.0. The number of halogens is 3. The van der Waals surface area contributed by atoms with Crippen LogP contribution in [-0.2, 0) is 13.1 Å². The number of aromatic nitrogens is 2. The van der Waals surface area contributed by atoms with E-state index in [1.165, 1.54) is 20.5 Å². The highest BCUT2D eigenvalue weighted by Gasteiger charge is 2.31. The van der Waals surface area contributed by atoms with Crippen LogP contribution in [0.5, 0.6) is 0 Å². The molecule has 0 amide bonds. The number of thiophene rings is 1. The number of fused-ring (bicyclic) bond motifs is 1. The second-order valence-corrected chi connectivity index (χ2v) is 10.4. The molecular formula is C18H25F3N4O2S2. The molecule has 2 aromatic heterocycles. The largest absolute Gasteiger partial charge is 0.441 e. The van der Waals surface area contributed by atoms with Crippen LogP contribution in [0.2, 0.25) is 0 Å². The van der Waals surface area contributed by atoms with Crippen molar-refractivity contribution < 1.29 is 13.2 Å². The summed E-state index contributed by atoms with van der Waals surface area (Å²) in [5.74, 6) is -0.280. The summed E-state index contributed by atoms with van der Waals surface area (Å²) in [6, 6.07) is -0.149. The molecule has 11 heteroatoms. The Balaban J connectivity index is 2.02. The summed E-state index contributed by atoms with van der Waals surface area (Å²) in [6.45, 7) is 8.17. The lowest BCUT2D eigenvalue weighted by Gasteiger charge is -2.20. The van der Waals surface area contributed by atoms with Crippen molar-refractivity contribution in [3.05, 3.63) is 31.3 Å². The van der Waals surface area contributed by atoms with Crippen molar-refractivity contribution in [2.24, 2.45) is 0 Å². The Bertz CT molecular complexity index is 1010. The van der Waals surface area contributed by atoms with Crippen LogP contribution < -0.4 is 22.1 Å². The molecule has 29 heavy (non-hydrogen) atoms. The van der Waals surface area contributed by atoms with E-state index in [-0.39, 0.29) is 41.2 Å². The van der Waals surface area contributed by atoms with Gasteiger partial charge in [0.2, 0.25) is 0 Å². The van der Waals surface area contributed by atoms with E-state index in [2.05, 4.69) is 10.9 Å². The zero-order chi connectivity index (χ0) is 21.6. The van der Waals surface area contributed by atoms with Gasteiger partial charge in [-0.05, 0) is 57.9 Å². The van der Waals surface area contributed by atoms with Gasteiger partial charge in [-0.3, -0.25) is 24.8 Å². The Morgan fingerprint density at radius 3 is 2.41 bits per heavy atom. The van der Waals surface area contributed by atoms with Crippen molar-refractivity contribution in [1.29, 1.82) is 0 Å². The molecule has 0 aromatic carbocycles. The van der Waals surface area contributed by atoms with Crippen LogP contribution in [0.3, 0.4) is 0 Å². The number of nitrogens with one attached hydrogen (secondary N) is 2. The number of nitrogens with zero attached hydrogens (tertiary/aromatic N) is 2. The van der Waals surface area contributed by atoms with Crippen molar-refractivity contribution in [2.75, 3.05) is 5.75 Å². The highest BCUT2D eigenvalue weighted by Crippen LogP contribution is 2.35. The van der Waals surface area contributed by atoms with Gasteiger partial charge in [0.25, 0.3) is 5.56 Å². The van der Waals surface area contributed by atoms with E-state index in [0.717, 1.165) is 23.3 Å². The van der Waals surface area contributed by atoms with Crippen LogP contribution in [0, 0.1) is 6.92 Å². The standard InChI is InChI=1S/C18H25F3N4O2S2/c1-10-12(9-22-23-17(2,3)4)29-15-13(10)14(26)25(11-5-6-11)16(27)24(15)7-8-28-18(19,20)21/h11,22-23H,5-9H2,1-4H3. The van der Waals surface area contributed by atoms with E-state index >= 15 is 0 Å². The van der Waals surface area contributed by atoms with E-state index in [9.17, 15) is 22.8 Å². The van der Waals surface area contributed by atoms with E-state index in [1.54, 1.807) is 0 Å². The number of hydrazine groups is 1. The number of aryl methyl sites for hydroxylation is 2. The van der Waals surface area contributed by atoms with Gasteiger partial charge < -0.3 is 0 Å². The molecular weight excluding hydrogens is 425 g/mol. The average molecular weight is 451 g/mol. The molecule has 3 rings (SSSR count). The first kappa shape index (κ1) is 22.4. The normalized spacial score (nSPS) is 15.4. The molecule has 0 aliphatic heterocycles. The van der Waals surface area contributed by atoms with Crippen molar-refractivity contribution in [1.82, 2.24) is 20.0 Å². The summed E-state index contributed by atoms with van der Waals surface area (Å²) in [6.07, 6.45) is 1.48. The monoisotopic (exact) mass is 450 g/mol. The van der Waals surface area contributed by atoms with E-state index in [1.807, 2.05) is 27.7 Å². The Kier molecular flexibility index (Phi) is 6.24. The predicted molar refractivity (Wildman–Crippen MR) is 112 cm³/mol. The minimum Gasteiger partial charge on any atom is -0.283 e. The molecule has 0 saturated heterocycles. The van der Waals surface area contributed by atoms with Gasteiger partial charge >= 0.3 is 11.2 Å². The van der Waals surface area contributed by atoms with Gasteiger partial charge in [0, 0.05) is 35.3 Å². The second kappa shape index (κ2) is 8.09. The lowest BCUT2D eigenvalue weighted by Crippen LogP contribution is -2.45. The van der Waals surface area contributed by atoms with Crippen LogP contribution in [0.1, 0.15) is 50.1 Å². The number of thioether (sulfide) groups is 1. The fourth-order valence-electron chi connectivity index (χ4n) is 3.07. The summed E-state index contributed by atoms with van der Waals surface area (Å²) in [4.78, 5) is 27.3. The smallest absolute Gasteiger partial charge is 0.283 e. The van der Waals surface area contributed by atoms with Crippen LogP contribution in [0.15, 0.2) is 9.59 Å². The minimum atomic E-state index is -4.35. The van der Waals surface area contributed by atoms with Crippen LogP contribution in [0.25, 0.3) is 10.2 Å². The topological polar surface area (TPSA) is 68.1 Å². The van der Waals surface area contributed by atoms with Crippen molar-refractivity contribution >= 4 is 33.3 Å². The van der Waals surface area contributed by atoms with Crippen molar-refractivity contribution in [3.8, 4) is 0 Å². The molecule has 1 fully saturated rings. The molecule has 6 nitrogen and oxygen atoms in total. The van der Waals surface area contributed by atoms with Crippen molar-refractivity contribution in [3.63, 3.8) is 0 Å². The molecule has 2 aromatic rings. The summed E-state index contributed by atoms with van der Waals surface area (Å²) >= 11 is 1.13. The molecule has 0 spiro atoms. The highest BCUT2D eigenvalue weighted by atomic mass is 32.2. The maximum atomic E-state index is 13.0. The molecule has 1 aliphatic rings. The van der Waals surface area contributed by atoms with Gasteiger partial charge in [-0.2, -0.15) is 13.2 Å². The summed E-state index contributed by atoms with van der Waals surface area (Å²) < 4.78 is 40.3. The van der Waals surface area contributed by atoms with Gasteiger partial charge in [0.15, 0.2) is 0 Å². The second-order valence-electron chi connectivity index (χ2n) is 8.19. The van der Waals surface area contributed by atoms with Gasteiger partial charge in [-0.1, -0.05) is 0 Å². The SMILES string of the molecule is Cc1c(CNNC(C)(C)C)sc2c1c(=O)n(C1CC1)c(=O)n2CCSC(F)(F)F. The molecule has 2 N–H and O–H groups in total. The number of hydrogen-bond acceptors (Lipinski definition) is 6. The first-order valence-corrected chi connectivity index (χ1v) is 11.2. The Morgan fingerprint density at radius 2 is 1.86 bits per heavy atom. The third-order valence-corrected chi connectivity index (χ3v) is 6.58.